The van der Waals surface area contributed by atoms with E-state index in [4.69, 9.17) is 0 Å². The summed E-state index contributed by atoms with van der Waals surface area (Å²) >= 11 is 0. The highest BCUT2D eigenvalue weighted by atomic mass is 16.2. The smallest absolute Gasteiger partial charge is 0.263 e. The summed E-state index contributed by atoms with van der Waals surface area (Å²) in [6.45, 7) is 0. The zero-order chi connectivity index (χ0) is 14.8. The third kappa shape index (κ3) is 2.33. The molecule has 1 aromatic carbocycles. The van der Waals surface area contributed by atoms with E-state index in [2.05, 4.69) is 5.10 Å². The maximum atomic E-state index is 12.7. The highest BCUT2D eigenvalue weighted by Crippen LogP contribution is 2.19. The van der Waals surface area contributed by atoms with Gasteiger partial charge < -0.3 is 9.47 Å². The standard InChI is InChI=1S/C16H16N4O/c1-18(13-8-4-3-5-9-13)16(21)14-12-17-19(2)15(14)20-10-6-7-11-20/h3-12H,1-2H3. The topological polar surface area (TPSA) is 43.1 Å². The van der Waals surface area contributed by atoms with Crippen molar-refractivity contribution in [2.75, 3.05) is 11.9 Å². The molecule has 5 heteroatoms. The molecule has 0 saturated heterocycles. The summed E-state index contributed by atoms with van der Waals surface area (Å²) in [4.78, 5) is 14.4. The molecule has 3 rings (SSSR count). The molecule has 0 atom stereocenters. The largest absolute Gasteiger partial charge is 0.311 e. The van der Waals surface area contributed by atoms with Crippen LogP contribution >= 0.6 is 0 Å². The summed E-state index contributed by atoms with van der Waals surface area (Å²) in [5.74, 6) is 0.672. The number of aryl methyl sites for hydroxylation is 1. The number of hydrogen-bond donors (Lipinski definition) is 0. The number of anilines is 1. The molecular formula is C16H16N4O. The number of aromatic nitrogens is 3. The normalized spacial score (nSPS) is 10.6. The summed E-state index contributed by atoms with van der Waals surface area (Å²) in [5, 5.41) is 4.22. The van der Waals surface area contributed by atoms with Gasteiger partial charge in [-0.05, 0) is 24.3 Å². The van der Waals surface area contributed by atoms with Gasteiger partial charge in [-0.3, -0.25) is 9.48 Å². The van der Waals surface area contributed by atoms with Gasteiger partial charge in [0.15, 0.2) is 0 Å². The number of para-hydroxylation sites is 1. The molecule has 3 aromatic rings. The monoisotopic (exact) mass is 280 g/mol. The molecule has 2 aromatic heterocycles. The predicted octanol–water partition coefficient (Wildman–Crippen LogP) is 2.49. The van der Waals surface area contributed by atoms with E-state index in [1.165, 1.54) is 0 Å². The van der Waals surface area contributed by atoms with E-state index in [-0.39, 0.29) is 5.91 Å². The van der Waals surface area contributed by atoms with Crippen LogP contribution in [0.25, 0.3) is 5.82 Å². The number of rotatable bonds is 3. The molecule has 5 nitrogen and oxygen atoms in total. The van der Waals surface area contributed by atoms with Gasteiger partial charge in [-0.1, -0.05) is 18.2 Å². The number of carbonyl (C=O) groups excluding carboxylic acids is 1. The Bertz CT molecular complexity index is 744. The number of carbonyl (C=O) groups is 1. The van der Waals surface area contributed by atoms with Gasteiger partial charge in [-0.2, -0.15) is 5.10 Å². The van der Waals surface area contributed by atoms with E-state index in [9.17, 15) is 4.79 Å². The van der Waals surface area contributed by atoms with Gasteiger partial charge in [0.25, 0.3) is 5.91 Å². The van der Waals surface area contributed by atoms with Crippen LogP contribution in [0.15, 0.2) is 61.1 Å². The van der Waals surface area contributed by atoms with Crippen molar-refractivity contribution in [2.45, 2.75) is 0 Å². The first-order valence-electron chi connectivity index (χ1n) is 6.67. The summed E-state index contributed by atoms with van der Waals surface area (Å²) in [7, 11) is 3.60. The van der Waals surface area contributed by atoms with Crippen LogP contribution < -0.4 is 4.90 Å². The van der Waals surface area contributed by atoms with Crippen molar-refractivity contribution in [1.29, 1.82) is 0 Å². The summed E-state index contributed by atoms with van der Waals surface area (Å²) in [6, 6.07) is 13.4. The van der Waals surface area contributed by atoms with Crippen LogP contribution in [-0.4, -0.2) is 27.3 Å². The minimum Gasteiger partial charge on any atom is -0.311 e. The molecule has 2 heterocycles. The van der Waals surface area contributed by atoms with Crippen molar-refractivity contribution in [2.24, 2.45) is 7.05 Å². The Labute approximate surface area is 123 Å². The van der Waals surface area contributed by atoms with Gasteiger partial charge >= 0.3 is 0 Å². The van der Waals surface area contributed by atoms with Crippen molar-refractivity contribution in [3.63, 3.8) is 0 Å². The van der Waals surface area contributed by atoms with Crippen molar-refractivity contribution < 1.29 is 4.79 Å². The molecule has 0 aliphatic heterocycles. The molecule has 0 unspecified atom stereocenters. The van der Waals surface area contributed by atoms with Gasteiger partial charge in [0, 0.05) is 32.2 Å². The van der Waals surface area contributed by atoms with Crippen LogP contribution in [0.3, 0.4) is 0 Å². The van der Waals surface area contributed by atoms with Gasteiger partial charge in [0.2, 0.25) is 0 Å². The lowest BCUT2D eigenvalue weighted by atomic mass is 10.2. The fraction of sp³-hybridized carbons (Fsp3) is 0.125. The molecule has 106 valence electrons. The lowest BCUT2D eigenvalue weighted by molar-refractivity contribution is 0.0993. The molecule has 21 heavy (non-hydrogen) atoms. The number of nitrogens with zero attached hydrogens (tertiary/aromatic N) is 4. The lowest BCUT2D eigenvalue weighted by Crippen LogP contribution is -2.27. The third-order valence-electron chi connectivity index (χ3n) is 3.44. The first kappa shape index (κ1) is 13.2. The van der Waals surface area contributed by atoms with E-state index >= 15 is 0 Å². The maximum absolute atomic E-state index is 12.7. The second kappa shape index (κ2) is 5.28. The Hall–Kier alpha value is -2.82. The van der Waals surface area contributed by atoms with Crippen molar-refractivity contribution in [1.82, 2.24) is 14.3 Å². The van der Waals surface area contributed by atoms with Gasteiger partial charge in [-0.25, -0.2) is 0 Å². The van der Waals surface area contributed by atoms with Crippen molar-refractivity contribution >= 4 is 11.6 Å². The third-order valence-corrected chi connectivity index (χ3v) is 3.44. The Morgan fingerprint density at radius 1 is 1.10 bits per heavy atom. The Morgan fingerprint density at radius 3 is 2.43 bits per heavy atom. The molecule has 1 amide bonds. The Kier molecular flexibility index (Phi) is 3.31. The van der Waals surface area contributed by atoms with Crippen LogP contribution in [0.4, 0.5) is 5.69 Å². The van der Waals surface area contributed by atoms with Crippen LogP contribution in [0.2, 0.25) is 0 Å². The molecule has 0 aliphatic rings. The SMILES string of the molecule is CN(C(=O)c1cnn(C)c1-n1cccc1)c1ccccc1. The molecule has 0 spiro atoms. The minimum absolute atomic E-state index is 0.0852. The summed E-state index contributed by atoms with van der Waals surface area (Å²) < 4.78 is 3.59. The molecular weight excluding hydrogens is 264 g/mol. The van der Waals surface area contributed by atoms with Crippen LogP contribution in [0.5, 0.6) is 0 Å². The van der Waals surface area contributed by atoms with E-state index in [0.717, 1.165) is 11.5 Å². The average molecular weight is 280 g/mol. The van der Waals surface area contributed by atoms with Gasteiger partial charge in [0.1, 0.15) is 11.4 Å². The maximum Gasteiger partial charge on any atom is 0.263 e. The number of hydrogen-bond acceptors (Lipinski definition) is 2. The zero-order valence-electron chi connectivity index (χ0n) is 12.0. The zero-order valence-corrected chi connectivity index (χ0v) is 12.0. The highest BCUT2D eigenvalue weighted by Gasteiger charge is 2.21. The molecule has 0 aliphatic carbocycles. The molecule has 0 radical (unpaired) electrons. The van der Waals surface area contributed by atoms with E-state index in [0.29, 0.717) is 5.56 Å². The quantitative estimate of drug-likeness (QED) is 0.739. The van der Waals surface area contributed by atoms with E-state index in [1.807, 2.05) is 66.5 Å². The second-order valence-electron chi connectivity index (χ2n) is 4.80. The molecule has 0 N–H and O–H groups in total. The predicted molar refractivity (Wildman–Crippen MR) is 81.7 cm³/mol. The summed E-state index contributed by atoms with van der Waals surface area (Å²) in [6.07, 6.45) is 5.41. The minimum atomic E-state index is -0.0852. The van der Waals surface area contributed by atoms with Crippen LogP contribution in [0.1, 0.15) is 10.4 Å². The Balaban J connectivity index is 2.00. The number of amides is 1. The lowest BCUT2D eigenvalue weighted by Gasteiger charge is -2.17. The van der Waals surface area contributed by atoms with Crippen LogP contribution in [0, 0.1) is 0 Å². The number of benzene rings is 1. The first-order chi connectivity index (χ1) is 10.2. The molecule has 0 bridgehead atoms. The second-order valence-corrected chi connectivity index (χ2v) is 4.80. The van der Waals surface area contributed by atoms with Gasteiger partial charge in [0.05, 0.1) is 6.20 Å². The van der Waals surface area contributed by atoms with E-state index in [1.54, 1.807) is 22.8 Å². The summed E-state index contributed by atoms with van der Waals surface area (Å²) in [5.41, 5.74) is 1.42. The Morgan fingerprint density at radius 2 is 1.76 bits per heavy atom. The molecule has 0 fully saturated rings. The highest BCUT2D eigenvalue weighted by molar-refractivity contribution is 6.07. The van der Waals surface area contributed by atoms with Crippen molar-refractivity contribution in [3.8, 4) is 5.82 Å². The fourth-order valence-electron chi connectivity index (χ4n) is 2.31. The fourth-order valence-corrected chi connectivity index (χ4v) is 2.31. The first-order valence-corrected chi connectivity index (χ1v) is 6.67. The van der Waals surface area contributed by atoms with E-state index < -0.39 is 0 Å². The average Bonchev–Trinajstić information content (AvgIpc) is 3.15. The van der Waals surface area contributed by atoms with Crippen LogP contribution in [-0.2, 0) is 7.05 Å². The van der Waals surface area contributed by atoms with Crippen molar-refractivity contribution in [3.05, 3.63) is 66.6 Å². The van der Waals surface area contributed by atoms with Gasteiger partial charge in [-0.15, -0.1) is 0 Å². The molecule has 0 saturated carbocycles.